The normalized spacial score (nSPS) is 27.6. The number of primary amides is 1. The molecule has 11 nitrogen and oxygen atoms in total. The highest BCUT2D eigenvalue weighted by molar-refractivity contribution is 6.24. The number of halogens is 1. The van der Waals surface area contributed by atoms with E-state index in [4.69, 9.17) is 5.73 Å². The van der Waals surface area contributed by atoms with Gasteiger partial charge in [0.25, 0.3) is 5.91 Å². The minimum Gasteiger partial charge on any atom is -0.508 e. The fraction of sp³-hybridized carbons (Fsp3) is 0.417. The zero-order chi connectivity index (χ0) is 26.9. The standard InChI is InChI=1S/C24H26FN3O8/c1-8(29)27-7-10-6-13(25)11-4-9-5-12-17(28(2)3)20(32)16(23(26)35)22(34)24(12,36)21(33)14(9)19(31)15(11)18(10)30/h6,9,12,17,30-31,34,36H,4-5,7H2,1-3H3,(H2,26,35)(H,27,29)/t9-,12-,17-,24-/m0/s1. The van der Waals surface area contributed by atoms with E-state index in [1.54, 1.807) is 0 Å². The molecule has 0 unspecified atom stereocenters. The van der Waals surface area contributed by atoms with E-state index in [-0.39, 0.29) is 41.6 Å². The second-order valence-corrected chi connectivity index (χ2v) is 9.59. The molecule has 4 atom stereocenters. The molecule has 0 spiro atoms. The lowest BCUT2D eigenvalue weighted by atomic mass is 9.57. The molecule has 4 rings (SSSR count). The zero-order valence-electron chi connectivity index (χ0n) is 19.8. The second kappa shape index (κ2) is 8.42. The van der Waals surface area contributed by atoms with Crippen molar-refractivity contribution < 1.29 is 44.0 Å². The van der Waals surface area contributed by atoms with Crippen LogP contribution < -0.4 is 11.1 Å². The van der Waals surface area contributed by atoms with Crippen LogP contribution in [0.15, 0.2) is 23.0 Å². The number of aromatic hydroxyl groups is 1. The number of carbonyl (C=O) groups excluding carboxylic acids is 4. The van der Waals surface area contributed by atoms with Gasteiger partial charge in [0, 0.05) is 36.1 Å². The Balaban J connectivity index is 1.93. The summed E-state index contributed by atoms with van der Waals surface area (Å²) in [5.41, 5.74) is 0.709. The third-order valence-corrected chi connectivity index (χ3v) is 7.27. The van der Waals surface area contributed by atoms with Gasteiger partial charge in [0.05, 0.1) is 11.6 Å². The molecule has 0 radical (unpaired) electrons. The maximum Gasteiger partial charge on any atom is 0.255 e. The number of carbonyl (C=O) groups is 4. The first-order chi connectivity index (χ1) is 16.7. The maximum atomic E-state index is 15.1. The van der Waals surface area contributed by atoms with Crippen molar-refractivity contribution in [1.29, 1.82) is 0 Å². The van der Waals surface area contributed by atoms with Crippen LogP contribution in [0.1, 0.15) is 30.0 Å². The molecule has 12 heteroatoms. The van der Waals surface area contributed by atoms with Gasteiger partial charge in [-0.3, -0.25) is 24.1 Å². The van der Waals surface area contributed by atoms with E-state index >= 15 is 4.39 Å². The first kappa shape index (κ1) is 25.3. The number of nitrogens with two attached hydrogens (primary N) is 1. The smallest absolute Gasteiger partial charge is 0.255 e. The molecule has 0 aromatic heterocycles. The van der Waals surface area contributed by atoms with Crippen LogP contribution in [-0.2, 0) is 32.1 Å². The van der Waals surface area contributed by atoms with Crippen LogP contribution in [0.4, 0.5) is 4.39 Å². The van der Waals surface area contributed by atoms with Crippen LogP contribution in [-0.4, -0.2) is 74.4 Å². The molecule has 0 saturated heterocycles. The van der Waals surface area contributed by atoms with E-state index in [1.807, 2.05) is 0 Å². The summed E-state index contributed by atoms with van der Waals surface area (Å²) in [6.07, 6.45) is -0.298. The second-order valence-electron chi connectivity index (χ2n) is 9.59. The molecule has 192 valence electrons. The monoisotopic (exact) mass is 503 g/mol. The summed E-state index contributed by atoms with van der Waals surface area (Å²) >= 11 is 0. The lowest BCUT2D eigenvalue weighted by molar-refractivity contribution is -0.153. The van der Waals surface area contributed by atoms with Gasteiger partial charge in [-0.05, 0) is 38.9 Å². The third kappa shape index (κ3) is 3.39. The average molecular weight is 503 g/mol. The molecule has 7 N–H and O–H groups in total. The molecule has 1 saturated carbocycles. The molecular weight excluding hydrogens is 477 g/mol. The number of Topliss-reactive ketones (excluding diaryl/α,β-unsaturated/α-hetero) is 2. The Morgan fingerprint density at radius 2 is 1.89 bits per heavy atom. The summed E-state index contributed by atoms with van der Waals surface area (Å²) < 4.78 is 15.1. The van der Waals surface area contributed by atoms with E-state index in [0.717, 1.165) is 6.07 Å². The minimum atomic E-state index is -2.77. The highest BCUT2D eigenvalue weighted by Gasteiger charge is 2.64. The number of benzene rings is 1. The Bertz CT molecular complexity index is 1300. The fourth-order valence-electron chi connectivity index (χ4n) is 5.67. The van der Waals surface area contributed by atoms with Crippen LogP contribution in [0.25, 0.3) is 5.76 Å². The van der Waals surface area contributed by atoms with E-state index in [2.05, 4.69) is 5.32 Å². The molecule has 1 fully saturated rings. The largest absolute Gasteiger partial charge is 0.508 e. The van der Waals surface area contributed by atoms with Gasteiger partial charge in [-0.25, -0.2) is 4.39 Å². The quantitative estimate of drug-likeness (QED) is 0.301. The average Bonchev–Trinajstić information content (AvgIpc) is 2.77. The molecule has 1 aromatic carbocycles. The Labute approximate surface area is 204 Å². The number of aliphatic hydroxyl groups excluding tert-OH is 2. The van der Waals surface area contributed by atoms with Crippen LogP contribution in [0.3, 0.4) is 0 Å². The molecule has 0 bridgehead atoms. The van der Waals surface area contributed by atoms with Crippen LogP contribution in [0, 0.1) is 17.7 Å². The van der Waals surface area contributed by atoms with Gasteiger partial charge in [0.2, 0.25) is 11.7 Å². The number of nitrogens with zero attached hydrogens (tertiary/aromatic N) is 1. The molecule has 0 aliphatic heterocycles. The molecule has 3 aliphatic carbocycles. The minimum absolute atomic E-state index is 0.0541. The number of amides is 2. The number of hydrogen-bond acceptors (Lipinski definition) is 9. The summed E-state index contributed by atoms with van der Waals surface area (Å²) in [6.45, 7) is 0.972. The number of nitrogens with one attached hydrogen (secondary N) is 1. The lowest BCUT2D eigenvalue weighted by Crippen LogP contribution is -2.65. The van der Waals surface area contributed by atoms with Gasteiger partial charge < -0.3 is 31.5 Å². The highest BCUT2D eigenvalue weighted by atomic mass is 19.1. The van der Waals surface area contributed by atoms with Crippen molar-refractivity contribution >= 4 is 29.1 Å². The van der Waals surface area contributed by atoms with E-state index in [0.29, 0.717) is 0 Å². The van der Waals surface area contributed by atoms with E-state index in [1.165, 1.54) is 25.9 Å². The number of likely N-dealkylation sites (N-methyl/N-ethyl adjacent to an activating group) is 1. The summed E-state index contributed by atoms with van der Waals surface area (Å²) in [6, 6.07) is -0.204. The number of rotatable bonds is 4. The van der Waals surface area contributed by atoms with Crippen molar-refractivity contribution in [2.45, 2.75) is 38.0 Å². The van der Waals surface area contributed by atoms with Gasteiger partial charge in [0.1, 0.15) is 28.7 Å². The highest BCUT2D eigenvalue weighted by Crippen LogP contribution is 2.53. The predicted octanol–water partition coefficient (Wildman–Crippen LogP) is -0.261. The van der Waals surface area contributed by atoms with E-state index in [9.17, 15) is 39.6 Å². The summed E-state index contributed by atoms with van der Waals surface area (Å²) in [7, 11) is 2.98. The number of phenols is 1. The Morgan fingerprint density at radius 1 is 1.25 bits per heavy atom. The molecular formula is C24H26FN3O8. The van der Waals surface area contributed by atoms with Crippen molar-refractivity contribution in [1.82, 2.24) is 10.2 Å². The van der Waals surface area contributed by atoms with Crippen molar-refractivity contribution in [2.75, 3.05) is 14.1 Å². The van der Waals surface area contributed by atoms with Crippen LogP contribution >= 0.6 is 0 Å². The SMILES string of the molecule is CC(=O)NCc1cc(F)c2c(c1O)C(O)=C1C(=O)[C@]3(O)C(O)=C(C(N)=O)C(=O)[C@@H](N(C)C)[C@@H]3C[C@@H]1C2. The van der Waals surface area contributed by atoms with Crippen LogP contribution in [0.5, 0.6) is 5.75 Å². The van der Waals surface area contributed by atoms with Gasteiger partial charge in [-0.15, -0.1) is 0 Å². The summed E-state index contributed by atoms with van der Waals surface area (Å²) in [5.74, 6) is -9.29. The Hall–Kier alpha value is -3.77. The van der Waals surface area contributed by atoms with Gasteiger partial charge in [0.15, 0.2) is 11.4 Å². The van der Waals surface area contributed by atoms with Gasteiger partial charge in [-0.1, -0.05) is 0 Å². The number of phenolic OH excluding ortho intramolecular Hbond substituents is 1. The van der Waals surface area contributed by atoms with Gasteiger partial charge in [-0.2, -0.15) is 0 Å². The maximum absolute atomic E-state index is 15.1. The lowest BCUT2D eigenvalue weighted by Gasteiger charge is -2.50. The summed E-state index contributed by atoms with van der Waals surface area (Å²) in [4.78, 5) is 51.4. The Morgan fingerprint density at radius 3 is 2.44 bits per heavy atom. The van der Waals surface area contributed by atoms with Crippen molar-refractivity contribution in [3.8, 4) is 5.75 Å². The number of aliphatic hydroxyl groups is 3. The zero-order valence-corrected chi connectivity index (χ0v) is 19.8. The molecule has 1 aromatic rings. The number of ketones is 2. The van der Waals surface area contributed by atoms with Crippen molar-refractivity contribution in [3.63, 3.8) is 0 Å². The predicted molar refractivity (Wildman–Crippen MR) is 122 cm³/mol. The third-order valence-electron chi connectivity index (χ3n) is 7.27. The fourth-order valence-corrected chi connectivity index (χ4v) is 5.67. The Kier molecular flexibility index (Phi) is 5.92. The van der Waals surface area contributed by atoms with Gasteiger partial charge >= 0.3 is 0 Å². The topological polar surface area (TPSA) is 190 Å². The number of hydrogen-bond donors (Lipinski definition) is 6. The number of fused-ring (bicyclic) bond motifs is 3. The molecule has 0 heterocycles. The first-order valence-electron chi connectivity index (χ1n) is 11.2. The van der Waals surface area contributed by atoms with Crippen LogP contribution in [0.2, 0.25) is 0 Å². The van der Waals surface area contributed by atoms with Crippen molar-refractivity contribution in [3.05, 3.63) is 45.5 Å². The first-order valence-corrected chi connectivity index (χ1v) is 11.2. The molecule has 3 aliphatic rings. The molecule has 36 heavy (non-hydrogen) atoms. The van der Waals surface area contributed by atoms with E-state index < -0.39 is 75.5 Å². The summed E-state index contributed by atoms with van der Waals surface area (Å²) in [5, 5.41) is 46.6. The van der Waals surface area contributed by atoms with Crippen molar-refractivity contribution in [2.24, 2.45) is 17.6 Å². The molecule has 2 amide bonds.